The zero-order chi connectivity index (χ0) is 13.5. The van der Waals surface area contributed by atoms with Gasteiger partial charge in [-0.15, -0.1) is 0 Å². The van der Waals surface area contributed by atoms with Crippen LogP contribution >= 0.6 is 0 Å². The normalized spacial score (nSPS) is 39.6. The second-order valence-corrected chi connectivity index (χ2v) is 7.47. The minimum atomic E-state index is 0.317. The molecule has 0 aromatic heterocycles. The average molecular weight is 266 g/mol. The fraction of sp³-hybridized carbons (Fsp3) is 1.00. The van der Waals surface area contributed by atoms with Gasteiger partial charge < -0.3 is 15.0 Å². The summed E-state index contributed by atoms with van der Waals surface area (Å²) in [6, 6.07) is 1.25. The van der Waals surface area contributed by atoms with Gasteiger partial charge in [-0.1, -0.05) is 20.3 Å². The van der Waals surface area contributed by atoms with Crippen molar-refractivity contribution in [1.29, 1.82) is 0 Å². The van der Waals surface area contributed by atoms with Crippen molar-refractivity contribution < 1.29 is 4.74 Å². The van der Waals surface area contributed by atoms with E-state index < -0.39 is 0 Å². The molecular formula is C16H30N2O. The number of piperidine rings is 1. The van der Waals surface area contributed by atoms with Gasteiger partial charge in [0.15, 0.2) is 0 Å². The van der Waals surface area contributed by atoms with E-state index in [1.54, 1.807) is 0 Å². The third-order valence-corrected chi connectivity index (χ3v) is 5.55. The summed E-state index contributed by atoms with van der Waals surface area (Å²) in [7, 11) is 0. The summed E-state index contributed by atoms with van der Waals surface area (Å²) in [6.45, 7) is 11.9. The van der Waals surface area contributed by atoms with Crippen LogP contribution in [-0.2, 0) is 4.74 Å². The Morgan fingerprint density at radius 3 is 2.74 bits per heavy atom. The van der Waals surface area contributed by atoms with Crippen LogP contribution in [0.3, 0.4) is 0 Å². The Labute approximate surface area is 118 Å². The first-order valence-electron chi connectivity index (χ1n) is 8.19. The van der Waals surface area contributed by atoms with Gasteiger partial charge in [-0.25, -0.2) is 0 Å². The number of ether oxygens (including phenoxy) is 1. The number of rotatable bonds is 4. The van der Waals surface area contributed by atoms with Crippen LogP contribution in [0.4, 0.5) is 0 Å². The van der Waals surface area contributed by atoms with Gasteiger partial charge in [0.05, 0.1) is 6.10 Å². The number of fused-ring (bicyclic) bond motifs is 1. The molecule has 0 bridgehead atoms. The van der Waals surface area contributed by atoms with Crippen LogP contribution in [0.2, 0.25) is 0 Å². The Morgan fingerprint density at radius 2 is 2.00 bits per heavy atom. The first-order valence-corrected chi connectivity index (χ1v) is 8.19. The molecule has 3 aliphatic rings. The van der Waals surface area contributed by atoms with Gasteiger partial charge in [0.2, 0.25) is 0 Å². The molecule has 3 heteroatoms. The highest BCUT2D eigenvalue weighted by molar-refractivity contribution is 5.11. The average Bonchev–Trinajstić information content (AvgIpc) is 2.84. The standard InChI is InChI=1S/C16H30N2O/c1-12(11-18-8-5-4-6-9-18)17-14-13-7-10-19-15(13)16(14,2)3/h12-15,17H,4-11H2,1-3H3. The Balaban J connectivity index is 1.50. The van der Waals surface area contributed by atoms with Crippen LogP contribution in [0.1, 0.15) is 46.5 Å². The van der Waals surface area contributed by atoms with Crippen molar-refractivity contribution in [2.45, 2.75) is 64.6 Å². The Hall–Kier alpha value is -0.120. The Morgan fingerprint density at radius 1 is 1.26 bits per heavy atom. The smallest absolute Gasteiger partial charge is 0.0685 e. The Kier molecular flexibility index (Phi) is 3.89. The van der Waals surface area contributed by atoms with E-state index >= 15 is 0 Å². The predicted molar refractivity (Wildman–Crippen MR) is 78.3 cm³/mol. The lowest BCUT2D eigenvalue weighted by atomic mass is 9.57. The summed E-state index contributed by atoms with van der Waals surface area (Å²) in [6.07, 6.45) is 5.96. The van der Waals surface area contributed by atoms with Crippen LogP contribution in [-0.4, -0.2) is 49.3 Å². The van der Waals surface area contributed by atoms with E-state index in [9.17, 15) is 0 Å². The molecule has 0 radical (unpaired) electrons. The summed E-state index contributed by atoms with van der Waals surface area (Å²) in [5, 5.41) is 3.90. The lowest BCUT2D eigenvalue weighted by Gasteiger charge is -2.56. The second-order valence-electron chi connectivity index (χ2n) is 7.47. The first-order chi connectivity index (χ1) is 9.09. The lowest BCUT2D eigenvalue weighted by Crippen LogP contribution is -2.67. The molecule has 1 saturated carbocycles. The van der Waals surface area contributed by atoms with Crippen LogP contribution in [0.25, 0.3) is 0 Å². The molecular weight excluding hydrogens is 236 g/mol. The van der Waals surface area contributed by atoms with Gasteiger partial charge in [-0.3, -0.25) is 0 Å². The van der Waals surface area contributed by atoms with E-state index in [-0.39, 0.29) is 0 Å². The van der Waals surface area contributed by atoms with Gasteiger partial charge in [0, 0.05) is 36.6 Å². The van der Waals surface area contributed by atoms with Crippen LogP contribution in [0.5, 0.6) is 0 Å². The summed E-state index contributed by atoms with van der Waals surface area (Å²) in [4.78, 5) is 2.63. The van der Waals surface area contributed by atoms with Crippen molar-refractivity contribution >= 4 is 0 Å². The molecule has 0 aromatic carbocycles. The molecule has 19 heavy (non-hydrogen) atoms. The molecule has 1 N–H and O–H groups in total. The zero-order valence-electron chi connectivity index (χ0n) is 12.8. The van der Waals surface area contributed by atoms with Gasteiger partial charge >= 0.3 is 0 Å². The lowest BCUT2D eigenvalue weighted by molar-refractivity contribution is -0.115. The number of nitrogens with one attached hydrogen (secondary N) is 1. The largest absolute Gasteiger partial charge is 0.377 e. The van der Waals surface area contributed by atoms with Gasteiger partial charge in [0.25, 0.3) is 0 Å². The molecule has 3 fully saturated rings. The molecule has 2 saturated heterocycles. The summed E-state index contributed by atoms with van der Waals surface area (Å²) in [5.74, 6) is 0.763. The fourth-order valence-electron chi connectivity index (χ4n) is 4.55. The highest BCUT2D eigenvalue weighted by Crippen LogP contribution is 2.52. The highest BCUT2D eigenvalue weighted by atomic mass is 16.5. The van der Waals surface area contributed by atoms with Crippen molar-refractivity contribution in [3.05, 3.63) is 0 Å². The number of hydrogen-bond acceptors (Lipinski definition) is 3. The third-order valence-electron chi connectivity index (χ3n) is 5.55. The molecule has 2 aliphatic heterocycles. The van der Waals surface area contributed by atoms with Crippen molar-refractivity contribution in [3.8, 4) is 0 Å². The molecule has 0 amide bonds. The zero-order valence-corrected chi connectivity index (χ0v) is 12.8. The van der Waals surface area contributed by atoms with E-state index in [2.05, 4.69) is 31.0 Å². The molecule has 1 aliphatic carbocycles. The number of nitrogens with zero attached hydrogens (tertiary/aromatic N) is 1. The molecule has 4 atom stereocenters. The van der Waals surface area contributed by atoms with E-state index in [1.165, 1.54) is 45.3 Å². The quantitative estimate of drug-likeness (QED) is 0.845. The molecule has 3 rings (SSSR count). The maximum absolute atomic E-state index is 5.88. The van der Waals surface area contributed by atoms with Crippen molar-refractivity contribution in [3.63, 3.8) is 0 Å². The van der Waals surface area contributed by atoms with E-state index in [0.29, 0.717) is 23.6 Å². The monoisotopic (exact) mass is 266 g/mol. The van der Waals surface area contributed by atoms with E-state index in [0.717, 1.165) is 12.5 Å². The molecule has 3 nitrogen and oxygen atoms in total. The van der Waals surface area contributed by atoms with Gasteiger partial charge in [-0.05, 0) is 39.3 Å². The summed E-state index contributed by atoms with van der Waals surface area (Å²) in [5.41, 5.74) is 0.317. The predicted octanol–water partition coefficient (Wildman–Crippen LogP) is 2.26. The minimum Gasteiger partial charge on any atom is -0.377 e. The van der Waals surface area contributed by atoms with E-state index in [1.807, 2.05) is 0 Å². The molecule has 4 unspecified atom stereocenters. The third kappa shape index (κ3) is 2.57. The van der Waals surface area contributed by atoms with Crippen molar-refractivity contribution in [2.75, 3.05) is 26.2 Å². The van der Waals surface area contributed by atoms with Crippen molar-refractivity contribution in [1.82, 2.24) is 10.2 Å². The minimum absolute atomic E-state index is 0.317. The highest BCUT2D eigenvalue weighted by Gasteiger charge is 2.59. The van der Waals surface area contributed by atoms with E-state index in [4.69, 9.17) is 4.74 Å². The molecule has 2 heterocycles. The molecule has 0 spiro atoms. The van der Waals surface area contributed by atoms with Crippen LogP contribution in [0.15, 0.2) is 0 Å². The fourth-order valence-corrected chi connectivity index (χ4v) is 4.55. The van der Waals surface area contributed by atoms with Gasteiger partial charge in [0.1, 0.15) is 0 Å². The maximum atomic E-state index is 5.88. The topological polar surface area (TPSA) is 24.5 Å². The van der Waals surface area contributed by atoms with Crippen LogP contribution < -0.4 is 5.32 Å². The molecule has 0 aromatic rings. The summed E-state index contributed by atoms with van der Waals surface area (Å²) < 4.78 is 5.88. The summed E-state index contributed by atoms with van der Waals surface area (Å²) >= 11 is 0. The maximum Gasteiger partial charge on any atom is 0.0685 e. The number of hydrogen-bond donors (Lipinski definition) is 1. The second kappa shape index (κ2) is 5.34. The Bertz CT molecular complexity index is 312. The molecule has 110 valence electrons. The number of likely N-dealkylation sites (tertiary alicyclic amines) is 1. The van der Waals surface area contributed by atoms with Crippen molar-refractivity contribution in [2.24, 2.45) is 11.3 Å². The van der Waals surface area contributed by atoms with Gasteiger partial charge in [-0.2, -0.15) is 0 Å². The SMILES string of the molecule is CC(CN1CCCCC1)NC1C2CCOC2C1(C)C. The van der Waals surface area contributed by atoms with Crippen LogP contribution in [0, 0.1) is 11.3 Å². The first kappa shape index (κ1) is 13.8.